The molecule has 0 saturated heterocycles. The minimum atomic E-state index is -0.251. The Morgan fingerprint density at radius 3 is 2.67 bits per heavy atom. The molecule has 1 aromatic heterocycles. The van der Waals surface area contributed by atoms with Gasteiger partial charge in [-0.05, 0) is 33.8 Å². The van der Waals surface area contributed by atoms with Crippen molar-refractivity contribution in [2.45, 2.75) is 39.7 Å². The molecule has 1 heterocycles. The number of nitrogens with two attached hydrogens (primary N) is 1. The smallest absolute Gasteiger partial charge is 0.225 e. The second-order valence-electron chi connectivity index (χ2n) is 5.47. The first-order valence-corrected chi connectivity index (χ1v) is 6.12. The number of hydrogen-bond donors (Lipinski definition) is 2. The van der Waals surface area contributed by atoms with Gasteiger partial charge in [0.2, 0.25) is 5.91 Å². The van der Waals surface area contributed by atoms with Crippen LogP contribution in [0.15, 0.2) is 12.3 Å². The molecular weight excluding hydrogens is 228 g/mol. The van der Waals surface area contributed by atoms with Crippen LogP contribution >= 0.6 is 0 Å². The maximum Gasteiger partial charge on any atom is 0.225 e. The fourth-order valence-corrected chi connectivity index (χ4v) is 1.63. The zero-order valence-corrected chi connectivity index (χ0v) is 11.5. The van der Waals surface area contributed by atoms with Gasteiger partial charge in [-0.15, -0.1) is 0 Å². The third-order valence-corrected chi connectivity index (χ3v) is 2.44. The number of rotatable bonds is 4. The van der Waals surface area contributed by atoms with Gasteiger partial charge in [0.25, 0.3) is 0 Å². The van der Waals surface area contributed by atoms with Crippen LogP contribution in [0.2, 0.25) is 0 Å². The highest BCUT2D eigenvalue weighted by atomic mass is 16.2. The van der Waals surface area contributed by atoms with Crippen LogP contribution in [0, 0.1) is 12.8 Å². The molecule has 0 radical (unpaired) electrons. The van der Waals surface area contributed by atoms with Crippen molar-refractivity contribution < 1.29 is 4.79 Å². The third kappa shape index (κ3) is 4.79. The Labute approximate surface area is 108 Å². The van der Waals surface area contributed by atoms with Crippen molar-refractivity contribution in [2.24, 2.45) is 11.7 Å². The lowest BCUT2D eigenvalue weighted by Gasteiger charge is -2.24. The van der Waals surface area contributed by atoms with Gasteiger partial charge in [-0.1, -0.05) is 0 Å². The number of aromatic nitrogens is 2. The molecule has 1 atom stereocenters. The molecule has 0 fully saturated rings. The number of aryl methyl sites for hydroxylation is 1. The molecule has 1 amide bonds. The monoisotopic (exact) mass is 250 g/mol. The van der Waals surface area contributed by atoms with Gasteiger partial charge in [0.1, 0.15) is 5.82 Å². The van der Waals surface area contributed by atoms with Crippen LogP contribution < -0.4 is 11.1 Å². The second-order valence-corrected chi connectivity index (χ2v) is 5.47. The molecule has 1 aromatic rings. The summed E-state index contributed by atoms with van der Waals surface area (Å²) in [5.41, 5.74) is 6.28. The normalized spacial score (nSPS) is 13.2. The molecule has 1 unspecified atom stereocenters. The lowest BCUT2D eigenvalue weighted by atomic mass is 10.00. The number of carbonyl (C=O) groups is 1. The predicted molar refractivity (Wildman–Crippen MR) is 70.9 cm³/mol. The first kappa shape index (κ1) is 14.6. The molecule has 5 nitrogen and oxygen atoms in total. The van der Waals surface area contributed by atoms with Gasteiger partial charge in [0.05, 0.1) is 5.92 Å². The van der Waals surface area contributed by atoms with Crippen molar-refractivity contribution in [3.63, 3.8) is 0 Å². The van der Waals surface area contributed by atoms with Crippen molar-refractivity contribution in [3.05, 3.63) is 23.8 Å². The Bertz CT molecular complexity index is 412. The van der Waals surface area contributed by atoms with Crippen LogP contribution in [0.1, 0.15) is 32.3 Å². The standard InChI is InChI=1S/C13H22N4O/c1-9-15-6-5-11(16-9)7-10(8-14)12(18)17-13(2,3)4/h5-6,10H,7-8,14H2,1-4H3,(H,17,18). The number of hydrogen-bond acceptors (Lipinski definition) is 4. The van der Waals surface area contributed by atoms with Crippen LogP contribution in [0.5, 0.6) is 0 Å². The van der Waals surface area contributed by atoms with E-state index in [1.165, 1.54) is 0 Å². The molecular formula is C13H22N4O. The summed E-state index contributed by atoms with van der Waals surface area (Å²) in [7, 11) is 0. The molecule has 0 saturated carbocycles. The third-order valence-electron chi connectivity index (χ3n) is 2.44. The van der Waals surface area contributed by atoms with Crippen LogP contribution in [0.4, 0.5) is 0 Å². The molecule has 0 aromatic carbocycles. The van der Waals surface area contributed by atoms with Crippen molar-refractivity contribution in [1.82, 2.24) is 15.3 Å². The Balaban J connectivity index is 2.70. The van der Waals surface area contributed by atoms with E-state index in [-0.39, 0.29) is 17.4 Å². The first-order chi connectivity index (χ1) is 8.31. The van der Waals surface area contributed by atoms with Crippen molar-refractivity contribution in [1.29, 1.82) is 0 Å². The highest BCUT2D eigenvalue weighted by Gasteiger charge is 2.22. The summed E-state index contributed by atoms with van der Waals surface area (Å²) in [6, 6.07) is 1.82. The lowest BCUT2D eigenvalue weighted by molar-refractivity contribution is -0.126. The Hall–Kier alpha value is -1.49. The van der Waals surface area contributed by atoms with E-state index in [0.717, 1.165) is 5.69 Å². The van der Waals surface area contributed by atoms with Crippen LogP contribution in [-0.2, 0) is 11.2 Å². The van der Waals surface area contributed by atoms with Gasteiger partial charge in [0.15, 0.2) is 0 Å². The first-order valence-electron chi connectivity index (χ1n) is 6.12. The molecule has 5 heteroatoms. The van der Waals surface area contributed by atoms with E-state index in [1.54, 1.807) is 6.20 Å². The van der Waals surface area contributed by atoms with E-state index in [9.17, 15) is 4.79 Å². The SMILES string of the molecule is Cc1nccc(CC(CN)C(=O)NC(C)(C)C)n1. The Morgan fingerprint density at radius 2 is 2.17 bits per heavy atom. The topological polar surface area (TPSA) is 80.9 Å². The summed E-state index contributed by atoms with van der Waals surface area (Å²) in [6.07, 6.45) is 2.24. The van der Waals surface area contributed by atoms with Crippen LogP contribution in [-0.4, -0.2) is 28.0 Å². The van der Waals surface area contributed by atoms with Gasteiger partial charge in [-0.25, -0.2) is 9.97 Å². The van der Waals surface area contributed by atoms with Gasteiger partial charge < -0.3 is 11.1 Å². The van der Waals surface area contributed by atoms with E-state index in [2.05, 4.69) is 15.3 Å². The summed E-state index contributed by atoms with van der Waals surface area (Å²) < 4.78 is 0. The van der Waals surface area contributed by atoms with Crippen LogP contribution in [0.3, 0.4) is 0 Å². The number of carbonyl (C=O) groups excluding carboxylic acids is 1. The quantitative estimate of drug-likeness (QED) is 0.829. The predicted octanol–water partition coefficient (Wildman–Crippen LogP) is 0.817. The van der Waals surface area contributed by atoms with E-state index in [1.807, 2.05) is 33.8 Å². The summed E-state index contributed by atoms with van der Waals surface area (Å²) >= 11 is 0. The van der Waals surface area contributed by atoms with Gasteiger partial charge >= 0.3 is 0 Å². The molecule has 0 spiro atoms. The molecule has 0 aliphatic heterocycles. The van der Waals surface area contributed by atoms with Crippen molar-refractivity contribution >= 4 is 5.91 Å². The fraction of sp³-hybridized carbons (Fsp3) is 0.615. The zero-order valence-electron chi connectivity index (χ0n) is 11.5. The summed E-state index contributed by atoms with van der Waals surface area (Å²) in [6.45, 7) is 8.00. The fourth-order valence-electron chi connectivity index (χ4n) is 1.63. The number of nitrogens with zero attached hydrogens (tertiary/aromatic N) is 2. The van der Waals surface area contributed by atoms with E-state index >= 15 is 0 Å². The van der Waals surface area contributed by atoms with E-state index < -0.39 is 0 Å². The molecule has 0 aliphatic rings. The summed E-state index contributed by atoms with van der Waals surface area (Å²) in [4.78, 5) is 20.4. The minimum absolute atomic E-state index is 0.0266. The zero-order chi connectivity index (χ0) is 13.8. The van der Waals surface area contributed by atoms with Crippen molar-refractivity contribution in [3.8, 4) is 0 Å². The average Bonchev–Trinajstić information content (AvgIpc) is 2.23. The summed E-state index contributed by atoms with van der Waals surface area (Å²) in [5, 5.41) is 2.94. The Kier molecular flexibility index (Phi) is 4.78. The molecule has 3 N–H and O–H groups in total. The Morgan fingerprint density at radius 1 is 1.50 bits per heavy atom. The van der Waals surface area contributed by atoms with E-state index in [0.29, 0.717) is 18.8 Å². The number of amides is 1. The van der Waals surface area contributed by atoms with Gasteiger partial charge in [-0.3, -0.25) is 4.79 Å². The number of nitrogens with one attached hydrogen (secondary N) is 1. The maximum absolute atomic E-state index is 12.0. The van der Waals surface area contributed by atoms with Gasteiger partial charge in [0, 0.05) is 30.4 Å². The molecule has 0 bridgehead atoms. The molecule has 0 aliphatic carbocycles. The van der Waals surface area contributed by atoms with Crippen LogP contribution in [0.25, 0.3) is 0 Å². The molecule has 18 heavy (non-hydrogen) atoms. The van der Waals surface area contributed by atoms with E-state index in [4.69, 9.17) is 5.73 Å². The average molecular weight is 250 g/mol. The molecule has 1 rings (SSSR count). The van der Waals surface area contributed by atoms with Crippen molar-refractivity contribution in [2.75, 3.05) is 6.54 Å². The summed E-state index contributed by atoms with van der Waals surface area (Å²) in [5.74, 6) is 0.430. The lowest BCUT2D eigenvalue weighted by Crippen LogP contribution is -2.46. The maximum atomic E-state index is 12.0. The second kappa shape index (κ2) is 5.91. The molecule has 100 valence electrons. The highest BCUT2D eigenvalue weighted by molar-refractivity contribution is 5.79. The highest BCUT2D eigenvalue weighted by Crippen LogP contribution is 2.08. The van der Waals surface area contributed by atoms with Gasteiger partial charge in [-0.2, -0.15) is 0 Å². The largest absolute Gasteiger partial charge is 0.351 e. The minimum Gasteiger partial charge on any atom is -0.351 e.